The fourth-order valence-electron chi connectivity index (χ4n) is 1.42. The summed E-state index contributed by atoms with van der Waals surface area (Å²) in [5.74, 6) is 0.884. The fourth-order valence-corrected chi connectivity index (χ4v) is 2.22. The molecule has 0 saturated carbocycles. The van der Waals surface area contributed by atoms with Crippen molar-refractivity contribution in [3.63, 3.8) is 0 Å². The fraction of sp³-hybridized carbons (Fsp3) is 0.571. The summed E-state index contributed by atoms with van der Waals surface area (Å²) in [4.78, 5) is 0. The number of hydrogen-bond acceptors (Lipinski definition) is 2. The van der Waals surface area contributed by atoms with Crippen molar-refractivity contribution in [2.75, 3.05) is 13.7 Å². The van der Waals surface area contributed by atoms with Crippen LogP contribution in [0.5, 0.6) is 5.75 Å². The summed E-state index contributed by atoms with van der Waals surface area (Å²) >= 11 is 3.47. The second kappa shape index (κ2) is 6.73. The zero-order valence-electron chi connectivity index (χ0n) is 11.8. The summed E-state index contributed by atoms with van der Waals surface area (Å²) in [5.41, 5.74) is 1.09. The third-order valence-corrected chi connectivity index (χ3v) is 6.66. The van der Waals surface area contributed by atoms with Crippen LogP contribution < -0.4 is 4.74 Å². The highest BCUT2D eigenvalue weighted by atomic mass is 79.9. The molecule has 0 N–H and O–H groups in total. The van der Waals surface area contributed by atoms with Crippen molar-refractivity contribution >= 4 is 24.7 Å². The summed E-state index contributed by atoms with van der Waals surface area (Å²) in [7, 11) is 1.34. The molecule has 0 saturated heterocycles. The molecule has 0 aromatic heterocycles. The Morgan fingerprint density at radius 2 is 1.94 bits per heavy atom. The van der Waals surface area contributed by atoms with E-state index in [9.17, 15) is 0 Å². The quantitative estimate of drug-likeness (QED) is 0.715. The van der Waals surface area contributed by atoms with Gasteiger partial charge in [0, 0.05) is 16.6 Å². The van der Waals surface area contributed by atoms with Gasteiger partial charge in [0.15, 0.2) is 0 Å². The van der Waals surface area contributed by atoms with Crippen molar-refractivity contribution in [1.82, 2.24) is 0 Å². The summed E-state index contributed by atoms with van der Waals surface area (Å²) in [6, 6.07) is 5.99. The van der Waals surface area contributed by atoms with E-state index < -0.39 is 0 Å². The molecule has 0 aliphatic heterocycles. The molecule has 0 aliphatic rings. The predicted molar refractivity (Wildman–Crippen MR) is 81.9 cm³/mol. The van der Waals surface area contributed by atoms with Crippen LogP contribution >= 0.6 is 15.9 Å². The number of rotatable bonds is 6. The largest absolute Gasteiger partial charge is 0.496 e. The molecule has 1 rings (SSSR count). The van der Waals surface area contributed by atoms with Gasteiger partial charge in [0.2, 0.25) is 0 Å². The van der Waals surface area contributed by atoms with Crippen molar-refractivity contribution < 1.29 is 9.47 Å². The van der Waals surface area contributed by atoms with Gasteiger partial charge in [-0.2, -0.15) is 0 Å². The van der Waals surface area contributed by atoms with E-state index in [2.05, 4.69) is 48.9 Å². The van der Waals surface area contributed by atoms with Crippen molar-refractivity contribution in [2.45, 2.75) is 38.6 Å². The van der Waals surface area contributed by atoms with E-state index in [1.165, 1.54) is 0 Å². The van der Waals surface area contributed by atoms with E-state index in [1.807, 2.05) is 12.1 Å². The van der Waals surface area contributed by atoms with Crippen LogP contribution in [-0.4, -0.2) is 22.5 Å². The van der Waals surface area contributed by atoms with Crippen LogP contribution in [0.1, 0.15) is 19.4 Å². The van der Waals surface area contributed by atoms with E-state index in [1.54, 1.807) is 7.11 Å². The lowest BCUT2D eigenvalue weighted by atomic mass is 10.2. The minimum absolute atomic E-state index is 0.296. The van der Waals surface area contributed by atoms with Gasteiger partial charge in [-0.05, 0) is 23.2 Å². The highest BCUT2D eigenvalue weighted by Crippen LogP contribution is 2.30. The summed E-state index contributed by atoms with van der Waals surface area (Å²) in [6.45, 7) is 10.6. The van der Waals surface area contributed by atoms with E-state index in [4.69, 9.17) is 9.47 Å². The Bertz CT molecular complexity index is 391. The SMILES string of the molecule is COc1ccc(Br)cc1COCC(C)(C)[Si](C)C. The van der Waals surface area contributed by atoms with Gasteiger partial charge < -0.3 is 9.47 Å². The Labute approximate surface area is 120 Å². The molecule has 2 nitrogen and oxygen atoms in total. The Balaban J connectivity index is 2.61. The van der Waals surface area contributed by atoms with Gasteiger partial charge >= 0.3 is 0 Å². The molecule has 18 heavy (non-hydrogen) atoms. The lowest BCUT2D eigenvalue weighted by molar-refractivity contribution is 0.0990. The molecule has 0 spiro atoms. The number of ether oxygens (including phenoxy) is 2. The number of methoxy groups -OCH3 is 1. The van der Waals surface area contributed by atoms with Gasteiger partial charge in [-0.3, -0.25) is 0 Å². The van der Waals surface area contributed by atoms with Gasteiger partial charge in [0.05, 0.1) is 22.5 Å². The van der Waals surface area contributed by atoms with Crippen LogP contribution in [0.2, 0.25) is 18.1 Å². The van der Waals surface area contributed by atoms with Crippen molar-refractivity contribution in [3.05, 3.63) is 28.2 Å². The highest BCUT2D eigenvalue weighted by Gasteiger charge is 2.23. The molecule has 0 bridgehead atoms. The molecule has 0 heterocycles. The Hall–Kier alpha value is -0.323. The normalized spacial score (nSPS) is 11.9. The first-order chi connectivity index (χ1) is 8.36. The van der Waals surface area contributed by atoms with E-state index >= 15 is 0 Å². The molecule has 4 heteroatoms. The maximum Gasteiger partial charge on any atom is 0.124 e. The van der Waals surface area contributed by atoms with Gasteiger partial charge in [-0.25, -0.2) is 0 Å². The minimum atomic E-state index is -0.354. The average Bonchev–Trinajstić information content (AvgIpc) is 2.29. The lowest BCUT2D eigenvalue weighted by Crippen LogP contribution is -2.26. The highest BCUT2D eigenvalue weighted by molar-refractivity contribution is 9.10. The van der Waals surface area contributed by atoms with Crippen molar-refractivity contribution in [1.29, 1.82) is 0 Å². The zero-order chi connectivity index (χ0) is 13.8. The van der Waals surface area contributed by atoms with Crippen LogP contribution in [0, 0.1) is 0 Å². The number of halogens is 1. The van der Waals surface area contributed by atoms with E-state index in [0.29, 0.717) is 11.6 Å². The average molecular weight is 330 g/mol. The standard InChI is InChI=1S/C14H22BrO2Si/c1-14(2,18(4)5)10-17-9-11-8-12(15)6-7-13(11)16-3/h6-8H,9-10H2,1-5H3. The Morgan fingerprint density at radius 3 is 2.50 bits per heavy atom. The van der Waals surface area contributed by atoms with Crippen LogP contribution in [0.3, 0.4) is 0 Å². The topological polar surface area (TPSA) is 18.5 Å². The number of benzene rings is 1. The first-order valence-electron chi connectivity index (χ1n) is 6.07. The first kappa shape index (κ1) is 15.7. The molecule has 1 aromatic carbocycles. The molecule has 0 unspecified atom stereocenters. The van der Waals surface area contributed by atoms with E-state index in [0.717, 1.165) is 22.4 Å². The molecule has 1 aromatic rings. The monoisotopic (exact) mass is 329 g/mol. The summed E-state index contributed by atoms with van der Waals surface area (Å²) < 4.78 is 12.3. The smallest absolute Gasteiger partial charge is 0.124 e. The van der Waals surface area contributed by atoms with Crippen LogP contribution in [0.25, 0.3) is 0 Å². The first-order valence-corrected chi connectivity index (χ1v) is 9.37. The molecule has 1 radical (unpaired) electrons. The third-order valence-electron chi connectivity index (χ3n) is 3.32. The molecular formula is C14H22BrO2Si. The number of hydrogen-bond donors (Lipinski definition) is 0. The summed E-state index contributed by atoms with van der Waals surface area (Å²) in [5, 5.41) is 0.296. The van der Waals surface area contributed by atoms with Gasteiger partial charge in [-0.15, -0.1) is 0 Å². The van der Waals surface area contributed by atoms with Crippen molar-refractivity contribution in [3.8, 4) is 5.75 Å². The van der Waals surface area contributed by atoms with Crippen molar-refractivity contribution in [2.24, 2.45) is 0 Å². The lowest BCUT2D eigenvalue weighted by Gasteiger charge is -2.27. The zero-order valence-corrected chi connectivity index (χ0v) is 14.4. The molecule has 0 atom stereocenters. The molecule has 0 amide bonds. The van der Waals surface area contributed by atoms with E-state index in [-0.39, 0.29) is 8.80 Å². The molecule has 101 valence electrons. The molecular weight excluding hydrogens is 308 g/mol. The van der Waals surface area contributed by atoms with Gasteiger partial charge in [-0.1, -0.05) is 42.9 Å². The second-order valence-electron chi connectivity index (χ2n) is 5.33. The molecule has 0 aliphatic carbocycles. The second-order valence-corrected chi connectivity index (χ2v) is 9.60. The minimum Gasteiger partial charge on any atom is -0.496 e. The Kier molecular flexibility index (Phi) is 5.88. The van der Waals surface area contributed by atoms with Crippen LogP contribution in [-0.2, 0) is 11.3 Å². The molecule has 0 fully saturated rings. The summed E-state index contributed by atoms with van der Waals surface area (Å²) in [6.07, 6.45) is 0. The van der Waals surface area contributed by atoms with Crippen LogP contribution in [0.15, 0.2) is 22.7 Å². The van der Waals surface area contributed by atoms with Crippen LogP contribution in [0.4, 0.5) is 0 Å². The van der Waals surface area contributed by atoms with Gasteiger partial charge in [0.25, 0.3) is 0 Å². The maximum absolute atomic E-state index is 5.87. The van der Waals surface area contributed by atoms with Gasteiger partial charge in [0.1, 0.15) is 5.75 Å². The Morgan fingerprint density at radius 1 is 1.28 bits per heavy atom. The third kappa shape index (κ3) is 4.41. The maximum atomic E-state index is 5.87. The predicted octanol–water partition coefficient (Wildman–Crippen LogP) is 4.51.